The Morgan fingerprint density at radius 1 is 1.10 bits per heavy atom. The molecule has 1 amide bonds. The third-order valence-corrected chi connectivity index (χ3v) is 7.78. The second-order valence-corrected chi connectivity index (χ2v) is 9.90. The number of hydrogen-bond donors (Lipinski definition) is 5. The number of nitrogens with zero attached hydrogens (tertiary/aromatic N) is 3. The Morgan fingerprint density at radius 3 is 2.86 bits per heavy atom. The molecule has 5 saturated heterocycles. The predicted octanol–water partition coefficient (Wildman–Crippen LogP) is -2.13. The average molecular weight is 427 g/mol. The van der Waals surface area contributed by atoms with Crippen molar-refractivity contribution in [2.45, 2.75) is 55.1 Å². The third kappa shape index (κ3) is 4.04. The highest BCUT2D eigenvalue weighted by Gasteiger charge is 2.47. The Kier molecular flexibility index (Phi) is 6.01. The Labute approximate surface area is 178 Å². The lowest BCUT2D eigenvalue weighted by Crippen LogP contribution is -2.65. The molecule has 5 heterocycles. The zero-order valence-electron chi connectivity index (χ0n) is 17.0. The van der Waals surface area contributed by atoms with Gasteiger partial charge >= 0.3 is 0 Å². The van der Waals surface area contributed by atoms with E-state index < -0.39 is 6.17 Å². The van der Waals surface area contributed by atoms with Crippen LogP contribution in [0, 0.1) is 5.92 Å². The van der Waals surface area contributed by atoms with Gasteiger partial charge in [0.2, 0.25) is 5.91 Å². The molecular weight excluding hydrogens is 392 g/mol. The molecule has 6 unspecified atom stereocenters. The first kappa shape index (κ1) is 20.4. The smallest absolute Gasteiger partial charge is 0.229 e. The van der Waals surface area contributed by atoms with Crippen molar-refractivity contribution < 1.29 is 4.79 Å². The van der Waals surface area contributed by atoms with Crippen molar-refractivity contribution in [1.29, 1.82) is 0 Å². The standard InChI is InChI=1S/C19H35ClN8O/c20-12-8-23-18-16(17(21)25-28(18)10-12)19(29)24-14-9-22-4-3-15(14)27-7-6-26-5-1-2-13(26)11-27/h12-18,22-23,25H,1-11,21H2,(H,24,29)/t12?,13-,14?,15?,16?,17?,18?/m0/s1. The summed E-state index contributed by atoms with van der Waals surface area (Å²) in [6.45, 7) is 7.88. The van der Waals surface area contributed by atoms with Crippen LogP contribution >= 0.6 is 11.6 Å². The van der Waals surface area contributed by atoms with E-state index >= 15 is 0 Å². The van der Waals surface area contributed by atoms with E-state index in [4.69, 9.17) is 17.3 Å². The summed E-state index contributed by atoms with van der Waals surface area (Å²) in [5.74, 6) is -0.287. The van der Waals surface area contributed by atoms with Crippen molar-refractivity contribution in [3.8, 4) is 0 Å². The molecule has 0 aromatic rings. The van der Waals surface area contributed by atoms with E-state index in [9.17, 15) is 4.79 Å². The molecule has 0 radical (unpaired) electrons. The number of nitrogens with one attached hydrogen (secondary N) is 4. The number of alkyl halides is 1. The van der Waals surface area contributed by atoms with Crippen LogP contribution in [-0.2, 0) is 4.79 Å². The van der Waals surface area contributed by atoms with Gasteiger partial charge in [-0.1, -0.05) is 0 Å². The van der Waals surface area contributed by atoms with Crippen LogP contribution < -0.4 is 27.1 Å². The highest BCUT2D eigenvalue weighted by molar-refractivity contribution is 6.21. The minimum Gasteiger partial charge on any atom is -0.350 e. The number of piperazine rings is 1. The van der Waals surface area contributed by atoms with Gasteiger partial charge in [-0.15, -0.1) is 11.6 Å². The summed E-state index contributed by atoms with van der Waals surface area (Å²) in [5, 5.41) is 12.2. The van der Waals surface area contributed by atoms with Crippen LogP contribution in [0.4, 0.5) is 0 Å². The van der Waals surface area contributed by atoms with Crippen LogP contribution in [0.2, 0.25) is 0 Å². The Bertz CT molecular complexity index is 611. The quantitative estimate of drug-likeness (QED) is 0.326. The number of fused-ring (bicyclic) bond motifs is 2. The average Bonchev–Trinajstić information content (AvgIpc) is 3.30. The SMILES string of the molecule is NC1NN2CC(Cl)CNC2C1C(=O)NC1CNCCC1N1CCN2CCC[C@H]2C1. The molecule has 0 aromatic heterocycles. The molecule has 5 aliphatic heterocycles. The van der Waals surface area contributed by atoms with Gasteiger partial charge in [-0.3, -0.25) is 19.9 Å². The van der Waals surface area contributed by atoms with Crippen LogP contribution in [0.15, 0.2) is 0 Å². The van der Waals surface area contributed by atoms with E-state index in [-0.39, 0.29) is 29.4 Å². The number of hydrazine groups is 1. The van der Waals surface area contributed by atoms with Gasteiger partial charge in [-0.05, 0) is 32.4 Å². The number of carbonyl (C=O) groups excluding carboxylic acids is 1. The molecule has 9 nitrogen and oxygen atoms in total. The molecule has 5 fully saturated rings. The van der Waals surface area contributed by atoms with E-state index in [0.717, 1.165) is 39.1 Å². The van der Waals surface area contributed by atoms with E-state index in [1.807, 2.05) is 5.01 Å². The Hall–Kier alpha value is -0.520. The van der Waals surface area contributed by atoms with Crippen LogP contribution in [-0.4, -0.2) is 109 Å². The van der Waals surface area contributed by atoms with E-state index in [1.165, 1.54) is 19.4 Å². The van der Waals surface area contributed by atoms with Crippen molar-refractivity contribution in [1.82, 2.24) is 36.2 Å². The molecule has 0 saturated carbocycles. The maximum Gasteiger partial charge on any atom is 0.229 e. The molecule has 0 aliphatic carbocycles. The summed E-state index contributed by atoms with van der Waals surface area (Å²) in [6.07, 6.45) is 3.22. The lowest BCUT2D eigenvalue weighted by Gasteiger charge is -2.46. The second kappa shape index (κ2) is 8.55. The summed E-state index contributed by atoms with van der Waals surface area (Å²) in [4.78, 5) is 18.6. The number of halogens is 1. The first-order valence-corrected chi connectivity index (χ1v) is 11.7. The Balaban J connectivity index is 1.24. The van der Waals surface area contributed by atoms with E-state index in [2.05, 4.69) is 31.2 Å². The highest BCUT2D eigenvalue weighted by atomic mass is 35.5. The fraction of sp³-hybridized carbons (Fsp3) is 0.947. The van der Waals surface area contributed by atoms with Gasteiger partial charge in [-0.2, -0.15) is 0 Å². The molecule has 29 heavy (non-hydrogen) atoms. The van der Waals surface area contributed by atoms with Crippen LogP contribution in [0.3, 0.4) is 0 Å². The molecule has 5 rings (SSSR count). The third-order valence-electron chi connectivity index (χ3n) is 7.48. The second-order valence-electron chi connectivity index (χ2n) is 9.29. The zero-order chi connectivity index (χ0) is 20.0. The summed E-state index contributed by atoms with van der Waals surface area (Å²) in [6, 6.07) is 1.22. The molecule has 5 aliphatic rings. The molecule has 0 spiro atoms. The number of amides is 1. The minimum atomic E-state index is -0.397. The lowest BCUT2D eigenvalue weighted by molar-refractivity contribution is -0.128. The molecule has 0 aromatic carbocycles. The molecular formula is C19H35ClN8O. The molecule has 7 atom stereocenters. The number of carbonyl (C=O) groups is 1. The number of hydrogen-bond acceptors (Lipinski definition) is 8. The summed E-state index contributed by atoms with van der Waals surface area (Å²) < 4.78 is 0. The van der Waals surface area contributed by atoms with Crippen molar-refractivity contribution in [2.24, 2.45) is 11.7 Å². The van der Waals surface area contributed by atoms with E-state index in [0.29, 0.717) is 25.2 Å². The predicted molar refractivity (Wildman–Crippen MR) is 112 cm³/mol. The van der Waals surface area contributed by atoms with Crippen molar-refractivity contribution in [2.75, 3.05) is 52.4 Å². The van der Waals surface area contributed by atoms with Crippen molar-refractivity contribution >= 4 is 17.5 Å². The van der Waals surface area contributed by atoms with Crippen molar-refractivity contribution in [3.05, 3.63) is 0 Å². The first-order chi connectivity index (χ1) is 14.1. The Morgan fingerprint density at radius 2 is 1.97 bits per heavy atom. The zero-order valence-corrected chi connectivity index (χ0v) is 17.8. The van der Waals surface area contributed by atoms with Gasteiger partial charge in [0, 0.05) is 51.4 Å². The van der Waals surface area contributed by atoms with E-state index in [1.54, 1.807) is 0 Å². The topological polar surface area (TPSA) is 101 Å². The van der Waals surface area contributed by atoms with Gasteiger partial charge in [0.05, 0.1) is 29.7 Å². The summed E-state index contributed by atoms with van der Waals surface area (Å²) in [7, 11) is 0. The number of piperidine rings is 1. The molecule has 10 heteroatoms. The van der Waals surface area contributed by atoms with Gasteiger partial charge < -0.3 is 16.4 Å². The van der Waals surface area contributed by atoms with Crippen LogP contribution in [0.1, 0.15) is 19.3 Å². The maximum absolute atomic E-state index is 13.3. The highest BCUT2D eigenvalue weighted by Crippen LogP contribution is 2.26. The fourth-order valence-corrected chi connectivity index (χ4v) is 6.24. The normalized spacial score (nSPS) is 44.4. The summed E-state index contributed by atoms with van der Waals surface area (Å²) in [5.41, 5.74) is 9.52. The maximum atomic E-state index is 13.3. The largest absolute Gasteiger partial charge is 0.350 e. The number of nitrogens with two attached hydrogens (primary N) is 1. The number of rotatable bonds is 3. The van der Waals surface area contributed by atoms with Gasteiger partial charge in [0.15, 0.2) is 0 Å². The minimum absolute atomic E-state index is 0.0222. The summed E-state index contributed by atoms with van der Waals surface area (Å²) >= 11 is 6.25. The molecule has 6 N–H and O–H groups in total. The van der Waals surface area contributed by atoms with Gasteiger partial charge in [0.25, 0.3) is 0 Å². The van der Waals surface area contributed by atoms with Crippen molar-refractivity contribution in [3.63, 3.8) is 0 Å². The first-order valence-electron chi connectivity index (χ1n) is 11.2. The van der Waals surface area contributed by atoms with Gasteiger partial charge in [0.1, 0.15) is 0 Å². The monoisotopic (exact) mass is 426 g/mol. The molecule has 164 valence electrons. The van der Waals surface area contributed by atoms with Gasteiger partial charge in [-0.25, -0.2) is 10.4 Å². The molecule has 0 bridgehead atoms. The van der Waals surface area contributed by atoms with Crippen LogP contribution in [0.25, 0.3) is 0 Å². The fourth-order valence-electron chi connectivity index (χ4n) is 6.00. The van der Waals surface area contributed by atoms with Crippen LogP contribution in [0.5, 0.6) is 0 Å². The lowest BCUT2D eigenvalue weighted by atomic mass is 9.95.